The van der Waals surface area contributed by atoms with E-state index in [1.807, 2.05) is 45.0 Å². The fourth-order valence-corrected chi connectivity index (χ4v) is 6.10. The first kappa shape index (κ1) is 31.4. The van der Waals surface area contributed by atoms with E-state index < -0.39 is 28.5 Å². The van der Waals surface area contributed by atoms with Crippen LogP contribution in [-0.4, -0.2) is 50.9 Å². The molecule has 0 saturated heterocycles. The molecule has 2 amide bonds. The molecule has 0 aliphatic heterocycles. The van der Waals surface area contributed by atoms with Crippen LogP contribution in [0.1, 0.15) is 31.9 Å². The molecular formula is C29H33BrClN3O5S. The predicted molar refractivity (Wildman–Crippen MR) is 161 cm³/mol. The molecule has 3 aromatic rings. The Morgan fingerprint density at radius 3 is 2.27 bits per heavy atom. The van der Waals surface area contributed by atoms with Gasteiger partial charge in [0.05, 0.1) is 22.7 Å². The van der Waals surface area contributed by atoms with Crippen LogP contribution in [0.2, 0.25) is 5.02 Å². The van der Waals surface area contributed by atoms with Crippen molar-refractivity contribution in [3.63, 3.8) is 0 Å². The van der Waals surface area contributed by atoms with E-state index in [1.54, 1.807) is 19.1 Å². The van der Waals surface area contributed by atoms with E-state index in [0.29, 0.717) is 5.75 Å². The number of carbonyl (C=O) groups excluding carboxylic acids is 2. The number of hydrogen-bond acceptors (Lipinski definition) is 5. The monoisotopic (exact) mass is 649 g/mol. The van der Waals surface area contributed by atoms with Gasteiger partial charge in [0.1, 0.15) is 18.3 Å². The van der Waals surface area contributed by atoms with Crippen molar-refractivity contribution >= 4 is 55.1 Å². The number of methoxy groups -OCH3 is 1. The molecule has 1 N–H and O–H groups in total. The van der Waals surface area contributed by atoms with Crippen molar-refractivity contribution in [2.24, 2.45) is 0 Å². The minimum absolute atomic E-state index is 0.0157. The number of anilines is 1. The number of nitrogens with zero attached hydrogens (tertiary/aromatic N) is 2. The molecule has 8 nitrogen and oxygen atoms in total. The van der Waals surface area contributed by atoms with E-state index in [9.17, 15) is 18.0 Å². The maximum absolute atomic E-state index is 14.0. The number of carbonyl (C=O) groups is 2. The maximum atomic E-state index is 14.0. The molecule has 0 radical (unpaired) electrons. The van der Waals surface area contributed by atoms with E-state index in [4.69, 9.17) is 16.3 Å². The average Bonchev–Trinajstić information content (AvgIpc) is 2.89. The first-order valence-corrected chi connectivity index (χ1v) is 15.2. The minimum atomic E-state index is -4.20. The highest BCUT2D eigenvalue weighted by Gasteiger charge is 2.33. The summed E-state index contributed by atoms with van der Waals surface area (Å²) in [6.07, 6.45) is 0. The second-order valence-corrected chi connectivity index (χ2v) is 12.8. The maximum Gasteiger partial charge on any atom is 0.264 e. The van der Waals surface area contributed by atoms with E-state index in [0.717, 1.165) is 19.9 Å². The van der Waals surface area contributed by atoms with Gasteiger partial charge in [0.15, 0.2) is 0 Å². The quantitative estimate of drug-likeness (QED) is 0.293. The van der Waals surface area contributed by atoms with E-state index in [2.05, 4.69) is 21.2 Å². The molecule has 0 spiro atoms. The molecule has 0 aliphatic carbocycles. The summed E-state index contributed by atoms with van der Waals surface area (Å²) in [5.74, 6) is -0.549. The van der Waals surface area contributed by atoms with Gasteiger partial charge in [-0.25, -0.2) is 8.42 Å². The molecule has 214 valence electrons. The van der Waals surface area contributed by atoms with Crippen LogP contribution in [0.5, 0.6) is 5.75 Å². The van der Waals surface area contributed by atoms with Crippen LogP contribution in [0.15, 0.2) is 76.1 Å². The van der Waals surface area contributed by atoms with Gasteiger partial charge in [0.2, 0.25) is 11.8 Å². The molecule has 0 aromatic heterocycles. The topological polar surface area (TPSA) is 96.0 Å². The van der Waals surface area contributed by atoms with E-state index in [-0.39, 0.29) is 34.1 Å². The number of benzene rings is 3. The lowest BCUT2D eigenvalue weighted by atomic mass is 10.1. The Balaban J connectivity index is 2.07. The molecule has 0 bridgehead atoms. The summed E-state index contributed by atoms with van der Waals surface area (Å²) in [5, 5.41) is 3.02. The molecular weight excluding hydrogens is 618 g/mol. The third-order valence-corrected chi connectivity index (χ3v) is 8.73. The van der Waals surface area contributed by atoms with Crippen LogP contribution in [-0.2, 0) is 26.2 Å². The highest BCUT2D eigenvalue weighted by Crippen LogP contribution is 2.32. The lowest BCUT2D eigenvalue weighted by molar-refractivity contribution is -0.139. The van der Waals surface area contributed by atoms with Gasteiger partial charge in [-0.05, 0) is 75.7 Å². The van der Waals surface area contributed by atoms with Gasteiger partial charge in [0.25, 0.3) is 10.0 Å². The molecule has 0 aliphatic rings. The molecule has 11 heteroatoms. The Hall–Kier alpha value is -3.08. The molecule has 3 aromatic carbocycles. The predicted octanol–water partition coefficient (Wildman–Crippen LogP) is 5.56. The van der Waals surface area contributed by atoms with E-state index >= 15 is 0 Å². The van der Waals surface area contributed by atoms with Gasteiger partial charge in [-0.15, -0.1) is 0 Å². The number of aryl methyl sites for hydroxylation is 1. The van der Waals surface area contributed by atoms with Crippen molar-refractivity contribution in [2.45, 2.75) is 51.2 Å². The Morgan fingerprint density at radius 2 is 1.70 bits per heavy atom. The summed E-state index contributed by atoms with van der Waals surface area (Å²) in [6.45, 7) is 6.66. The number of halogens is 2. The Kier molecular flexibility index (Phi) is 10.6. The largest absolute Gasteiger partial charge is 0.495 e. The van der Waals surface area contributed by atoms with Gasteiger partial charge >= 0.3 is 0 Å². The van der Waals surface area contributed by atoms with Crippen LogP contribution < -0.4 is 14.4 Å². The van der Waals surface area contributed by atoms with E-state index in [1.165, 1.54) is 42.3 Å². The van der Waals surface area contributed by atoms with Gasteiger partial charge in [-0.1, -0.05) is 57.4 Å². The summed E-state index contributed by atoms with van der Waals surface area (Å²) < 4.78 is 34.9. The lowest BCUT2D eigenvalue weighted by Gasteiger charge is -2.32. The fraction of sp³-hybridized carbons (Fsp3) is 0.310. The number of hydrogen-bond donors (Lipinski definition) is 1. The van der Waals surface area contributed by atoms with Crippen molar-refractivity contribution in [3.05, 3.63) is 87.4 Å². The van der Waals surface area contributed by atoms with Crippen molar-refractivity contribution in [1.29, 1.82) is 0 Å². The number of rotatable bonds is 11. The number of sulfonamides is 1. The first-order chi connectivity index (χ1) is 18.8. The highest BCUT2D eigenvalue weighted by molar-refractivity contribution is 9.10. The molecule has 0 saturated carbocycles. The minimum Gasteiger partial charge on any atom is -0.495 e. The molecule has 0 heterocycles. The molecule has 0 fully saturated rings. The zero-order valence-corrected chi connectivity index (χ0v) is 26.2. The summed E-state index contributed by atoms with van der Waals surface area (Å²) in [4.78, 5) is 28.4. The Labute approximate surface area is 249 Å². The standard InChI is InChI=1S/C29H33BrClN3O5S/c1-19(2)32-29(36)21(4)33(17-22-7-6-8-23(30)15-22)28(35)18-34(24-11-14-27(39-5)26(31)16-24)40(37,38)25-12-9-20(3)10-13-25/h6-16,19,21H,17-18H2,1-5H3,(H,32,36). The van der Waals surface area contributed by atoms with Gasteiger partial charge in [-0.2, -0.15) is 0 Å². The van der Waals surface area contributed by atoms with Crippen molar-refractivity contribution in [3.8, 4) is 5.75 Å². The summed E-state index contributed by atoms with van der Waals surface area (Å²) in [7, 11) is -2.75. The molecule has 1 unspecified atom stereocenters. The zero-order valence-electron chi connectivity index (χ0n) is 23.0. The van der Waals surface area contributed by atoms with Gasteiger partial charge in [-0.3, -0.25) is 13.9 Å². The van der Waals surface area contributed by atoms with Gasteiger partial charge < -0.3 is 15.0 Å². The highest BCUT2D eigenvalue weighted by atomic mass is 79.9. The summed E-state index contributed by atoms with van der Waals surface area (Å²) in [6, 6.07) is 17.2. The van der Waals surface area contributed by atoms with Crippen LogP contribution >= 0.6 is 27.5 Å². The lowest BCUT2D eigenvalue weighted by Crippen LogP contribution is -2.52. The van der Waals surface area contributed by atoms with Crippen LogP contribution in [0.25, 0.3) is 0 Å². The Morgan fingerprint density at radius 1 is 1.02 bits per heavy atom. The second kappa shape index (κ2) is 13.5. The Bertz CT molecular complexity index is 1460. The van der Waals surface area contributed by atoms with Gasteiger partial charge in [0, 0.05) is 17.1 Å². The van der Waals surface area contributed by atoms with Crippen LogP contribution in [0.3, 0.4) is 0 Å². The fourth-order valence-electron chi connectivity index (χ4n) is 4.00. The zero-order chi connectivity index (χ0) is 29.6. The number of ether oxygens (including phenoxy) is 1. The molecule has 3 rings (SSSR count). The SMILES string of the molecule is COc1ccc(N(CC(=O)N(Cc2cccc(Br)c2)C(C)C(=O)NC(C)C)S(=O)(=O)c2ccc(C)cc2)cc1Cl. The summed E-state index contributed by atoms with van der Waals surface area (Å²) >= 11 is 9.79. The van der Waals surface area contributed by atoms with Crippen molar-refractivity contribution < 1.29 is 22.7 Å². The van der Waals surface area contributed by atoms with Crippen LogP contribution in [0, 0.1) is 6.92 Å². The number of amides is 2. The van der Waals surface area contributed by atoms with Crippen molar-refractivity contribution in [2.75, 3.05) is 18.0 Å². The van der Waals surface area contributed by atoms with Crippen LogP contribution in [0.4, 0.5) is 5.69 Å². The second-order valence-electron chi connectivity index (χ2n) is 9.63. The first-order valence-electron chi connectivity index (χ1n) is 12.6. The van der Waals surface area contributed by atoms with Crippen molar-refractivity contribution in [1.82, 2.24) is 10.2 Å². The molecule has 1 atom stereocenters. The summed E-state index contributed by atoms with van der Waals surface area (Å²) in [5.41, 5.74) is 1.84. The number of nitrogens with one attached hydrogen (secondary N) is 1. The molecule has 40 heavy (non-hydrogen) atoms. The average molecular weight is 651 g/mol. The third kappa shape index (κ3) is 7.77. The smallest absolute Gasteiger partial charge is 0.264 e. The normalized spacial score (nSPS) is 12.1. The third-order valence-electron chi connectivity index (χ3n) is 6.15.